The van der Waals surface area contributed by atoms with Crippen LogP contribution in [0.15, 0.2) is 51.8 Å². The highest BCUT2D eigenvalue weighted by Crippen LogP contribution is 2.32. The van der Waals surface area contributed by atoms with Crippen molar-refractivity contribution in [2.24, 2.45) is 0 Å². The maximum Gasteiger partial charge on any atom is 0.342 e. The molecule has 0 aliphatic carbocycles. The van der Waals surface area contributed by atoms with E-state index in [1.807, 2.05) is 0 Å². The average molecular weight is 422 g/mol. The minimum Gasteiger partial charge on any atom is -0.465 e. The Bertz CT molecular complexity index is 1180. The summed E-state index contributed by atoms with van der Waals surface area (Å²) in [5.41, 5.74) is 0.613. The van der Waals surface area contributed by atoms with Crippen molar-refractivity contribution in [3.05, 3.63) is 58.8 Å². The number of hydrogen-bond donors (Lipinski definition) is 0. The monoisotopic (exact) mass is 421 g/mol. The lowest BCUT2D eigenvalue weighted by Crippen LogP contribution is -2.35. The number of ether oxygens (including phenoxy) is 1. The van der Waals surface area contributed by atoms with Gasteiger partial charge in [0.05, 0.1) is 17.7 Å². The van der Waals surface area contributed by atoms with Crippen molar-refractivity contribution in [3.8, 4) is 0 Å². The average Bonchev–Trinajstić information content (AvgIpc) is 2.96. The van der Waals surface area contributed by atoms with E-state index in [1.165, 1.54) is 49.6 Å². The van der Waals surface area contributed by atoms with Gasteiger partial charge in [0.25, 0.3) is 10.0 Å². The number of hydrogen-bond acceptors (Lipinski definition) is 6. The highest BCUT2D eigenvalue weighted by Gasteiger charge is 2.30. The zero-order valence-corrected chi connectivity index (χ0v) is 16.8. The summed E-state index contributed by atoms with van der Waals surface area (Å²) in [5.74, 6) is -1.01. The van der Waals surface area contributed by atoms with E-state index < -0.39 is 21.9 Å². The summed E-state index contributed by atoms with van der Waals surface area (Å²) in [7, 11) is -2.96. The van der Waals surface area contributed by atoms with Gasteiger partial charge in [0, 0.05) is 17.3 Å². The van der Waals surface area contributed by atoms with Gasteiger partial charge in [-0.2, -0.15) is 0 Å². The van der Waals surface area contributed by atoms with Gasteiger partial charge < -0.3 is 9.15 Å². The van der Waals surface area contributed by atoms with Crippen molar-refractivity contribution < 1.29 is 27.2 Å². The summed E-state index contributed by atoms with van der Waals surface area (Å²) in [6.45, 7) is 2.73. The molecule has 2 aromatic carbocycles. The summed E-state index contributed by atoms with van der Waals surface area (Å²) >= 11 is 5.82. The fourth-order valence-electron chi connectivity index (χ4n) is 2.89. The molecule has 1 aromatic heterocycles. The Hall–Kier alpha value is -2.84. The van der Waals surface area contributed by atoms with Crippen LogP contribution >= 0.6 is 11.6 Å². The van der Waals surface area contributed by atoms with Gasteiger partial charge in [-0.1, -0.05) is 11.6 Å². The normalized spacial score (nSPS) is 11.4. The van der Waals surface area contributed by atoms with Crippen LogP contribution in [-0.4, -0.2) is 27.4 Å². The highest BCUT2D eigenvalue weighted by molar-refractivity contribution is 7.93. The molecule has 3 rings (SSSR count). The zero-order chi connectivity index (χ0) is 20.6. The van der Waals surface area contributed by atoms with Crippen molar-refractivity contribution in [1.82, 2.24) is 0 Å². The summed E-state index contributed by atoms with van der Waals surface area (Å²) in [5, 5.41) is 0.714. The van der Waals surface area contributed by atoms with Gasteiger partial charge in [0.15, 0.2) is 0 Å². The van der Waals surface area contributed by atoms with Crippen molar-refractivity contribution in [2.75, 3.05) is 11.4 Å². The number of aryl methyl sites for hydroxylation is 1. The topological polar surface area (TPSA) is 93.9 Å². The number of sulfonamides is 1. The molecule has 0 saturated heterocycles. The molecule has 0 aliphatic rings. The van der Waals surface area contributed by atoms with Gasteiger partial charge in [-0.3, -0.25) is 4.79 Å². The van der Waals surface area contributed by atoms with Crippen LogP contribution < -0.4 is 4.31 Å². The Morgan fingerprint density at radius 2 is 1.75 bits per heavy atom. The van der Waals surface area contributed by atoms with Gasteiger partial charge in [0.1, 0.15) is 16.9 Å². The number of amides is 1. The number of furan rings is 1. The molecule has 1 amide bonds. The number of carbonyl (C=O) groups is 2. The molecule has 7 nitrogen and oxygen atoms in total. The van der Waals surface area contributed by atoms with E-state index in [2.05, 4.69) is 0 Å². The molecular formula is C19H16ClNO6S. The zero-order valence-electron chi connectivity index (χ0n) is 15.2. The number of anilines is 1. The van der Waals surface area contributed by atoms with E-state index in [9.17, 15) is 18.0 Å². The van der Waals surface area contributed by atoms with E-state index in [0.29, 0.717) is 26.1 Å². The maximum atomic E-state index is 13.0. The predicted molar refractivity (Wildman–Crippen MR) is 104 cm³/mol. The number of esters is 1. The number of halogens is 1. The van der Waals surface area contributed by atoms with Crippen LogP contribution in [0.3, 0.4) is 0 Å². The SMILES string of the molecule is COC(=O)c1c(C)oc2ccc(N(C(C)=O)S(=O)(=O)c3ccc(Cl)cc3)cc12. The summed E-state index contributed by atoms with van der Waals surface area (Å²) in [4.78, 5) is 24.2. The fraction of sp³-hybridized carbons (Fsp3) is 0.158. The van der Waals surface area contributed by atoms with Crippen LogP contribution in [-0.2, 0) is 19.6 Å². The molecule has 0 saturated carbocycles. The molecule has 0 aliphatic heterocycles. The summed E-state index contributed by atoms with van der Waals surface area (Å²) < 4.78 is 37.1. The molecule has 1 heterocycles. The van der Waals surface area contributed by atoms with E-state index in [-0.39, 0.29) is 16.1 Å². The van der Waals surface area contributed by atoms with Gasteiger partial charge in [0.2, 0.25) is 5.91 Å². The summed E-state index contributed by atoms with van der Waals surface area (Å²) in [6, 6.07) is 9.81. The van der Waals surface area contributed by atoms with Gasteiger partial charge in [-0.05, 0) is 49.4 Å². The Morgan fingerprint density at radius 1 is 1.11 bits per heavy atom. The van der Waals surface area contributed by atoms with Gasteiger partial charge in [-0.15, -0.1) is 0 Å². The first-order valence-electron chi connectivity index (χ1n) is 8.09. The number of rotatable bonds is 4. The maximum absolute atomic E-state index is 13.0. The molecule has 0 radical (unpaired) electrons. The Morgan fingerprint density at radius 3 is 2.32 bits per heavy atom. The third-order valence-corrected chi connectivity index (χ3v) is 6.18. The molecule has 9 heteroatoms. The third-order valence-electron chi connectivity index (χ3n) is 4.11. The molecular weight excluding hydrogens is 406 g/mol. The number of fused-ring (bicyclic) bond motifs is 1. The van der Waals surface area contributed by atoms with E-state index in [4.69, 9.17) is 20.8 Å². The van der Waals surface area contributed by atoms with Gasteiger partial charge >= 0.3 is 5.97 Å². The summed E-state index contributed by atoms with van der Waals surface area (Å²) in [6.07, 6.45) is 0. The van der Waals surface area contributed by atoms with Gasteiger partial charge in [-0.25, -0.2) is 17.5 Å². The highest BCUT2D eigenvalue weighted by atomic mass is 35.5. The Balaban J connectivity index is 2.20. The van der Waals surface area contributed by atoms with Crippen molar-refractivity contribution in [3.63, 3.8) is 0 Å². The lowest BCUT2D eigenvalue weighted by molar-refractivity contribution is -0.115. The first-order chi connectivity index (χ1) is 13.2. The molecule has 0 fully saturated rings. The standard InChI is InChI=1S/C19H16ClNO6S/c1-11-18(19(23)26-3)16-10-14(6-9-17(16)27-11)21(12(2)22)28(24,25)15-7-4-13(20)5-8-15/h4-10H,1-3H3. The fourth-order valence-corrected chi connectivity index (χ4v) is 4.44. The van der Waals surface area contributed by atoms with Crippen LogP contribution in [0.4, 0.5) is 5.69 Å². The van der Waals surface area contributed by atoms with Crippen molar-refractivity contribution in [1.29, 1.82) is 0 Å². The third kappa shape index (κ3) is 3.36. The second-order valence-corrected chi connectivity index (χ2v) is 8.17. The number of benzene rings is 2. The largest absolute Gasteiger partial charge is 0.465 e. The molecule has 146 valence electrons. The predicted octanol–water partition coefficient (Wildman–Crippen LogP) is 3.92. The van der Waals surface area contributed by atoms with Crippen LogP contribution in [0, 0.1) is 6.92 Å². The van der Waals surface area contributed by atoms with Crippen LogP contribution in [0.5, 0.6) is 0 Å². The van der Waals surface area contributed by atoms with E-state index in [0.717, 1.165) is 6.92 Å². The number of carbonyl (C=O) groups excluding carboxylic acids is 2. The minimum absolute atomic E-state index is 0.0703. The van der Waals surface area contributed by atoms with Crippen LogP contribution in [0.1, 0.15) is 23.0 Å². The quantitative estimate of drug-likeness (QED) is 0.592. The second kappa shape index (κ2) is 7.29. The molecule has 0 unspecified atom stereocenters. The van der Waals surface area contributed by atoms with E-state index in [1.54, 1.807) is 6.92 Å². The number of methoxy groups -OCH3 is 1. The Labute approximate surface area is 166 Å². The molecule has 0 atom stereocenters. The number of nitrogens with zero attached hydrogens (tertiary/aromatic N) is 1. The van der Waals surface area contributed by atoms with E-state index >= 15 is 0 Å². The molecule has 0 spiro atoms. The lowest BCUT2D eigenvalue weighted by Gasteiger charge is -2.21. The van der Waals surface area contributed by atoms with Crippen molar-refractivity contribution in [2.45, 2.75) is 18.7 Å². The Kier molecular flexibility index (Phi) is 5.18. The molecule has 0 N–H and O–H groups in total. The molecule has 0 bridgehead atoms. The molecule has 3 aromatic rings. The van der Waals surface area contributed by atoms with Crippen molar-refractivity contribution >= 4 is 50.2 Å². The first kappa shape index (κ1) is 19.9. The second-order valence-electron chi connectivity index (χ2n) is 5.95. The smallest absolute Gasteiger partial charge is 0.342 e. The first-order valence-corrected chi connectivity index (χ1v) is 9.91. The molecule has 28 heavy (non-hydrogen) atoms. The van der Waals surface area contributed by atoms with Crippen LogP contribution in [0.25, 0.3) is 11.0 Å². The minimum atomic E-state index is -4.19. The lowest BCUT2D eigenvalue weighted by atomic mass is 10.1. The van der Waals surface area contributed by atoms with Crippen LogP contribution in [0.2, 0.25) is 5.02 Å².